The van der Waals surface area contributed by atoms with Crippen molar-refractivity contribution in [1.29, 1.82) is 0 Å². The van der Waals surface area contributed by atoms with E-state index in [2.05, 4.69) is 0 Å². The molecule has 1 aliphatic heterocycles. The summed E-state index contributed by atoms with van der Waals surface area (Å²) in [5.74, 6) is 0. The van der Waals surface area contributed by atoms with Crippen LogP contribution in [0.15, 0.2) is 24.3 Å². The molecule has 19 heavy (non-hydrogen) atoms. The number of carbonyl (C=O) groups excluding carboxylic acids is 1. The third-order valence-corrected chi connectivity index (χ3v) is 3.13. The number of carbonyl (C=O) groups is 1. The molecule has 1 aromatic carbocycles. The smallest absolute Gasteiger partial charge is 0.317 e. The Morgan fingerprint density at radius 3 is 2.32 bits per heavy atom. The highest BCUT2D eigenvalue weighted by Gasteiger charge is 2.32. The van der Waals surface area contributed by atoms with Crippen LogP contribution in [0.2, 0.25) is 0 Å². The van der Waals surface area contributed by atoms with E-state index in [1.807, 2.05) is 0 Å². The molecule has 0 bridgehead atoms. The van der Waals surface area contributed by atoms with Gasteiger partial charge in [0.15, 0.2) is 0 Å². The molecule has 0 saturated carbocycles. The highest BCUT2D eigenvalue weighted by Crippen LogP contribution is 2.29. The second-order valence-corrected chi connectivity index (χ2v) is 4.54. The molecule has 1 heterocycles. The summed E-state index contributed by atoms with van der Waals surface area (Å²) in [6.07, 6.45) is -4.72. The summed E-state index contributed by atoms with van der Waals surface area (Å²) in [4.78, 5) is 14.7. The Morgan fingerprint density at radius 2 is 1.89 bits per heavy atom. The van der Waals surface area contributed by atoms with Gasteiger partial charge in [-0.25, -0.2) is 4.79 Å². The first kappa shape index (κ1) is 13.7. The number of amides is 2. The number of hydrogen-bond acceptors (Lipinski definition) is 2. The van der Waals surface area contributed by atoms with Gasteiger partial charge in [-0.2, -0.15) is 13.2 Å². The van der Waals surface area contributed by atoms with Crippen molar-refractivity contribution in [2.45, 2.75) is 18.9 Å². The van der Waals surface area contributed by atoms with Gasteiger partial charge in [-0.3, -0.25) is 0 Å². The van der Waals surface area contributed by atoms with Gasteiger partial charge < -0.3 is 15.5 Å². The molecule has 1 aliphatic rings. The van der Waals surface area contributed by atoms with Crippen LogP contribution in [0, 0.1) is 0 Å². The van der Waals surface area contributed by atoms with Crippen LogP contribution in [0.5, 0.6) is 0 Å². The number of alkyl halides is 3. The lowest BCUT2D eigenvalue weighted by atomic mass is 10.1. The average molecular weight is 273 g/mol. The van der Waals surface area contributed by atoms with Crippen molar-refractivity contribution in [2.24, 2.45) is 5.73 Å². The molecule has 4 nitrogen and oxygen atoms in total. The van der Waals surface area contributed by atoms with Gasteiger partial charge in [0.25, 0.3) is 0 Å². The number of nitrogens with zero attached hydrogens (tertiary/aromatic N) is 2. The second-order valence-electron chi connectivity index (χ2n) is 4.54. The maximum absolute atomic E-state index is 12.4. The lowest BCUT2D eigenvalue weighted by Gasteiger charge is -2.16. The van der Waals surface area contributed by atoms with E-state index in [0.717, 1.165) is 12.1 Å². The molecule has 7 heteroatoms. The number of likely N-dealkylation sites (N-methyl/N-ethyl adjacent to an activating group) is 1. The lowest BCUT2D eigenvalue weighted by Crippen LogP contribution is -2.36. The fourth-order valence-electron chi connectivity index (χ4n) is 1.94. The van der Waals surface area contributed by atoms with E-state index in [4.69, 9.17) is 5.73 Å². The third kappa shape index (κ3) is 2.81. The maximum atomic E-state index is 12.4. The van der Waals surface area contributed by atoms with Crippen LogP contribution in [0.3, 0.4) is 0 Å². The van der Waals surface area contributed by atoms with Crippen LogP contribution >= 0.6 is 0 Å². The highest BCUT2D eigenvalue weighted by atomic mass is 19.4. The van der Waals surface area contributed by atoms with Crippen LogP contribution in [-0.4, -0.2) is 35.6 Å². The lowest BCUT2D eigenvalue weighted by molar-refractivity contribution is -0.137. The minimum Gasteiger partial charge on any atom is -0.317 e. The summed E-state index contributed by atoms with van der Waals surface area (Å²) < 4.78 is 37.2. The summed E-state index contributed by atoms with van der Waals surface area (Å²) >= 11 is 0. The first-order valence-electron chi connectivity index (χ1n) is 5.72. The predicted molar refractivity (Wildman–Crippen MR) is 63.0 cm³/mol. The monoisotopic (exact) mass is 273 g/mol. The zero-order valence-electron chi connectivity index (χ0n) is 10.3. The van der Waals surface area contributed by atoms with Gasteiger partial charge in [0.05, 0.1) is 18.3 Å². The third-order valence-electron chi connectivity index (χ3n) is 3.13. The molecular weight excluding hydrogens is 259 g/mol. The Morgan fingerprint density at radius 1 is 1.32 bits per heavy atom. The number of nitrogens with two attached hydrogens (primary N) is 1. The van der Waals surface area contributed by atoms with Gasteiger partial charge in [-0.05, 0) is 17.7 Å². The van der Waals surface area contributed by atoms with Gasteiger partial charge in [-0.15, -0.1) is 0 Å². The zero-order valence-corrected chi connectivity index (χ0v) is 10.3. The van der Waals surface area contributed by atoms with Gasteiger partial charge >= 0.3 is 12.2 Å². The normalized spacial score (nSPS) is 20.3. The van der Waals surface area contributed by atoms with Crippen LogP contribution in [0.1, 0.15) is 11.1 Å². The van der Waals surface area contributed by atoms with E-state index < -0.39 is 11.7 Å². The Balaban J connectivity index is 2.07. The molecule has 0 aliphatic carbocycles. The van der Waals surface area contributed by atoms with Crippen LogP contribution < -0.4 is 5.73 Å². The predicted octanol–water partition coefficient (Wildman–Crippen LogP) is 1.86. The number of rotatable bonds is 2. The molecule has 1 atom stereocenters. The zero-order chi connectivity index (χ0) is 14.2. The van der Waals surface area contributed by atoms with Crippen molar-refractivity contribution in [3.63, 3.8) is 0 Å². The Hall–Kier alpha value is -1.76. The van der Waals surface area contributed by atoms with E-state index in [9.17, 15) is 18.0 Å². The quantitative estimate of drug-likeness (QED) is 0.894. The fourth-order valence-corrected chi connectivity index (χ4v) is 1.94. The van der Waals surface area contributed by atoms with E-state index in [-0.39, 0.29) is 18.7 Å². The molecule has 0 unspecified atom stereocenters. The second kappa shape index (κ2) is 4.73. The summed E-state index contributed by atoms with van der Waals surface area (Å²) in [6, 6.07) is 4.56. The van der Waals surface area contributed by atoms with Gasteiger partial charge in [0.1, 0.15) is 0 Å². The standard InChI is InChI=1S/C12H14F3N3O/c1-17-10(16)7-18(11(17)19)6-8-2-4-9(5-3-8)12(13,14)15/h2-5,10H,6-7,16H2,1H3/t10-/m1/s1. The maximum Gasteiger partial charge on any atom is 0.416 e. The number of hydrogen-bond donors (Lipinski definition) is 1. The molecule has 0 spiro atoms. The molecular formula is C12H14F3N3O. The molecule has 0 radical (unpaired) electrons. The molecule has 2 amide bonds. The largest absolute Gasteiger partial charge is 0.416 e. The molecule has 1 fully saturated rings. The average Bonchev–Trinajstić information content (AvgIpc) is 2.57. The van der Waals surface area contributed by atoms with Crippen molar-refractivity contribution in [3.05, 3.63) is 35.4 Å². The fraction of sp³-hybridized carbons (Fsp3) is 0.417. The Kier molecular flexibility index (Phi) is 3.40. The molecule has 2 N–H and O–H groups in total. The minimum absolute atomic E-state index is 0.215. The molecule has 1 aromatic rings. The highest BCUT2D eigenvalue weighted by molar-refractivity contribution is 5.76. The van der Waals surface area contributed by atoms with Crippen molar-refractivity contribution in [3.8, 4) is 0 Å². The van der Waals surface area contributed by atoms with Crippen LogP contribution in [0.4, 0.5) is 18.0 Å². The van der Waals surface area contributed by atoms with Gasteiger partial charge in [0.2, 0.25) is 0 Å². The molecule has 0 aromatic heterocycles. The molecule has 104 valence electrons. The Labute approximate surface area is 108 Å². The molecule has 1 saturated heterocycles. The Bertz CT molecular complexity index is 472. The SMILES string of the molecule is CN1C(=O)N(Cc2ccc(C(F)(F)F)cc2)C[C@@H]1N. The number of halogens is 3. The van der Waals surface area contributed by atoms with Gasteiger partial charge in [-0.1, -0.05) is 12.1 Å². The van der Waals surface area contributed by atoms with Crippen molar-refractivity contribution in [1.82, 2.24) is 9.80 Å². The summed E-state index contributed by atoms with van der Waals surface area (Å²) in [7, 11) is 1.60. The minimum atomic E-state index is -4.34. The topological polar surface area (TPSA) is 49.6 Å². The number of urea groups is 1. The van der Waals surface area contributed by atoms with E-state index in [1.165, 1.54) is 21.9 Å². The summed E-state index contributed by atoms with van der Waals surface area (Å²) in [6.45, 7) is 0.630. The summed E-state index contributed by atoms with van der Waals surface area (Å²) in [5, 5.41) is 0. The van der Waals surface area contributed by atoms with Crippen molar-refractivity contribution in [2.75, 3.05) is 13.6 Å². The van der Waals surface area contributed by atoms with E-state index in [0.29, 0.717) is 12.1 Å². The van der Waals surface area contributed by atoms with Crippen LogP contribution in [0.25, 0.3) is 0 Å². The van der Waals surface area contributed by atoms with E-state index in [1.54, 1.807) is 7.05 Å². The first-order chi connectivity index (χ1) is 8.79. The van der Waals surface area contributed by atoms with Gasteiger partial charge in [0, 0.05) is 13.6 Å². The first-order valence-corrected chi connectivity index (χ1v) is 5.72. The van der Waals surface area contributed by atoms with Crippen LogP contribution in [-0.2, 0) is 12.7 Å². The summed E-state index contributed by atoms with van der Waals surface area (Å²) in [5.41, 5.74) is 5.65. The van der Waals surface area contributed by atoms with Crippen molar-refractivity contribution < 1.29 is 18.0 Å². The van der Waals surface area contributed by atoms with E-state index >= 15 is 0 Å². The molecule has 2 rings (SSSR count). The van der Waals surface area contributed by atoms with Crippen molar-refractivity contribution >= 4 is 6.03 Å². The number of benzene rings is 1.